The number of aromatic nitrogens is 2. The minimum absolute atomic E-state index is 0.191. The first-order valence-electron chi connectivity index (χ1n) is 9.25. The fraction of sp³-hybridized carbons (Fsp3) is 0.130. The molecule has 5 nitrogen and oxygen atoms in total. The van der Waals surface area contributed by atoms with Crippen molar-refractivity contribution in [2.45, 2.75) is 19.4 Å². The highest BCUT2D eigenvalue weighted by Gasteiger charge is 2.14. The predicted octanol–water partition coefficient (Wildman–Crippen LogP) is 4.05. The Bertz CT molecular complexity index is 1100. The van der Waals surface area contributed by atoms with Gasteiger partial charge >= 0.3 is 0 Å². The van der Waals surface area contributed by atoms with Crippen molar-refractivity contribution in [3.8, 4) is 11.1 Å². The van der Waals surface area contributed by atoms with E-state index < -0.39 is 6.04 Å². The van der Waals surface area contributed by atoms with E-state index in [9.17, 15) is 4.79 Å². The standard InChI is InChI=1S/C23H22N4O/c1-15-13-20-19(11-12-25-22(20)26-15)17-7-9-18(10-8-17)27-23(28)21(24)14-16-5-3-2-4-6-16/h2-13,21H,14,24H2,1H3,(H,25,26)(H,27,28)/t21-/m1/s1. The minimum atomic E-state index is -0.593. The SMILES string of the molecule is Cc1cc2c(-c3ccc(NC(=O)[C@H](N)Cc4ccccc4)cc3)ccnc2[nH]1. The van der Waals surface area contributed by atoms with Gasteiger partial charge in [-0.05, 0) is 54.3 Å². The Morgan fingerprint density at radius 1 is 1.11 bits per heavy atom. The van der Waals surface area contributed by atoms with Crippen molar-refractivity contribution in [1.82, 2.24) is 9.97 Å². The molecule has 0 spiro atoms. The quantitative estimate of drug-likeness (QED) is 0.496. The van der Waals surface area contributed by atoms with Gasteiger partial charge in [-0.1, -0.05) is 42.5 Å². The van der Waals surface area contributed by atoms with Gasteiger partial charge in [0.15, 0.2) is 0 Å². The molecule has 28 heavy (non-hydrogen) atoms. The number of aromatic amines is 1. The molecule has 1 atom stereocenters. The lowest BCUT2D eigenvalue weighted by Gasteiger charge is -2.13. The molecular weight excluding hydrogens is 348 g/mol. The smallest absolute Gasteiger partial charge is 0.241 e. The number of carbonyl (C=O) groups excluding carboxylic acids is 1. The van der Waals surface area contributed by atoms with Crippen LogP contribution in [-0.4, -0.2) is 21.9 Å². The van der Waals surface area contributed by atoms with Crippen LogP contribution in [0.4, 0.5) is 5.69 Å². The van der Waals surface area contributed by atoms with Crippen molar-refractivity contribution in [3.63, 3.8) is 0 Å². The Morgan fingerprint density at radius 2 is 1.86 bits per heavy atom. The third-order valence-electron chi connectivity index (χ3n) is 4.77. The minimum Gasteiger partial charge on any atom is -0.344 e. The van der Waals surface area contributed by atoms with Crippen molar-refractivity contribution in [2.75, 3.05) is 5.32 Å². The van der Waals surface area contributed by atoms with Crippen molar-refractivity contribution in [1.29, 1.82) is 0 Å². The summed E-state index contributed by atoms with van der Waals surface area (Å²) in [6.07, 6.45) is 2.30. The fourth-order valence-corrected chi connectivity index (χ4v) is 3.34. The highest BCUT2D eigenvalue weighted by atomic mass is 16.2. The Morgan fingerprint density at radius 3 is 2.61 bits per heavy atom. The van der Waals surface area contributed by atoms with Gasteiger partial charge in [0, 0.05) is 23.0 Å². The van der Waals surface area contributed by atoms with Gasteiger partial charge in [0.1, 0.15) is 5.65 Å². The number of rotatable bonds is 5. The van der Waals surface area contributed by atoms with E-state index in [-0.39, 0.29) is 5.91 Å². The highest BCUT2D eigenvalue weighted by molar-refractivity contribution is 5.96. The molecule has 2 aromatic heterocycles. The van der Waals surface area contributed by atoms with Gasteiger partial charge in [-0.3, -0.25) is 4.79 Å². The number of nitrogens with two attached hydrogens (primary N) is 1. The van der Waals surface area contributed by atoms with E-state index in [4.69, 9.17) is 5.73 Å². The summed E-state index contributed by atoms with van der Waals surface area (Å²) in [7, 11) is 0. The average Bonchev–Trinajstić information content (AvgIpc) is 3.09. The number of carbonyl (C=O) groups is 1. The number of pyridine rings is 1. The van der Waals surface area contributed by atoms with E-state index in [1.54, 1.807) is 6.20 Å². The van der Waals surface area contributed by atoms with Gasteiger partial charge < -0.3 is 16.0 Å². The van der Waals surface area contributed by atoms with Crippen LogP contribution >= 0.6 is 0 Å². The molecule has 0 saturated carbocycles. The molecule has 2 heterocycles. The number of fused-ring (bicyclic) bond motifs is 1. The van der Waals surface area contributed by atoms with Crippen LogP contribution in [0.1, 0.15) is 11.3 Å². The zero-order valence-electron chi connectivity index (χ0n) is 15.6. The molecule has 0 bridgehead atoms. The third kappa shape index (κ3) is 3.80. The molecule has 0 saturated heterocycles. The zero-order chi connectivity index (χ0) is 19.5. The number of hydrogen-bond acceptors (Lipinski definition) is 3. The normalized spacial score (nSPS) is 12.1. The van der Waals surface area contributed by atoms with Crippen LogP contribution in [0.5, 0.6) is 0 Å². The summed E-state index contributed by atoms with van der Waals surface area (Å²) in [6, 6.07) is 21.1. The van der Waals surface area contributed by atoms with Crippen LogP contribution in [0.2, 0.25) is 0 Å². The summed E-state index contributed by atoms with van der Waals surface area (Å²) >= 11 is 0. The highest BCUT2D eigenvalue weighted by Crippen LogP contribution is 2.28. The summed E-state index contributed by atoms with van der Waals surface area (Å²) in [5.74, 6) is -0.191. The van der Waals surface area contributed by atoms with E-state index in [0.717, 1.165) is 39.1 Å². The van der Waals surface area contributed by atoms with Gasteiger partial charge in [0.05, 0.1) is 6.04 Å². The summed E-state index contributed by atoms with van der Waals surface area (Å²) < 4.78 is 0. The maximum Gasteiger partial charge on any atom is 0.241 e. The van der Waals surface area contributed by atoms with E-state index >= 15 is 0 Å². The van der Waals surface area contributed by atoms with E-state index in [0.29, 0.717) is 6.42 Å². The molecule has 0 aliphatic heterocycles. The van der Waals surface area contributed by atoms with Crippen molar-refractivity contribution >= 4 is 22.6 Å². The Labute approximate surface area is 163 Å². The second-order valence-electron chi connectivity index (χ2n) is 6.94. The average molecular weight is 370 g/mol. The zero-order valence-corrected chi connectivity index (χ0v) is 15.6. The largest absolute Gasteiger partial charge is 0.344 e. The number of hydrogen-bond donors (Lipinski definition) is 3. The second kappa shape index (κ2) is 7.66. The molecule has 4 aromatic rings. The molecule has 5 heteroatoms. The van der Waals surface area contributed by atoms with Crippen LogP contribution in [0, 0.1) is 6.92 Å². The van der Waals surface area contributed by atoms with Crippen LogP contribution in [0.15, 0.2) is 72.9 Å². The summed E-state index contributed by atoms with van der Waals surface area (Å²) in [6.45, 7) is 2.02. The lowest BCUT2D eigenvalue weighted by molar-refractivity contribution is -0.117. The first kappa shape index (κ1) is 17.9. The number of aryl methyl sites for hydroxylation is 1. The molecule has 2 aromatic carbocycles. The predicted molar refractivity (Wildman–Crippen MR) is 113 cm³/mol. The third-order valence-corrected chi connectivity index (χ3v) is 4.77. The van der Waals surface area contributed by atoms with Crippen LogP contribution in [0.3, 0.4) is 0 Å². The van der Waals surface area contributed by atoms with E-state index in [1.807, 2.05) is 67.6 Å². The van der Waals surface area contributed by atoms with Gasteiger partial charge in [0.2, 0.25) is 5.91 Å². The summed E-state index contributed by atoms with van der Waals surface area (Å²) in [5.41, 5.74) is 12.0. The van der Waals surface area contributed by atoms with E-state index in [2.05, 4.69) is 21.4 Å². The molecule has 0 unspecified atom stereocenters. The van der Waals surface area contributed by atoms with Crippen LogP contribution < -0.4 is 11.1 Å². The van der Waals surface area contributed by atoms with Gasteiger partial charge in [-0.15, -0.1) is 0 Å². The lowest BCUT2D eigenvalue weighted by Crippen LogP contribution is -2.37. The van der Waals surface area contributed by atoms with Crippen LogP contribution in [-0.2, 0) is 11.2 Å². The van der Waals surface area contributed by atoms with Crippen molar-refractivity contribution in [2.24, 2.45) is 5.73 Å². The molecule has 140 valence electrons. The molecule has 1 amide bonds. The fourth-order valence-electron chi connectivity index (χ4n) is 3.34. The van der Waals surface area contributed by atoms with E-state index in [1.165, 1.54) is 0 Å². The molecular formula is C23H22N4O. The summed E-state index contributed by atoms with van der Waals surface area (Å²) in [4.78, 5) is 20.0. The first-order chi connectivity index (χ1) is 13.6. The number of benzene rings is 2. The molecule has 4 rings (SSSR count). The van der Waals surface area contributed by atoms with Crippen LogP contribution in [0.25, 0.3) is 22.2 Å². The maximum absolute atomic E-state index is 12.4. The van der Waals surface area contributed by atoms with Gasteiger partial charge in [-0.25, -0.2) is 4.98 Å². The van der Waals surface area contributed by atoms with Crippen molar-refractivity contribution in [3.05, 3.63) is 84.2 Å². The summed E-state index contributed by atoms with van der Waals surface area (Å²) in [5, 5.41) is 3.98. The van der Waals surface area contributed by atoms with Gasteiger partial charge in [0.25, 0.3) is 0 Å². The second-order valence-corrected chi connectivity index (χ2v) is 6.94. The monoisotopic (exact) mass is 370 g/mol. The van der Waals surface area contributed by atoms with Crippen molar-refractivity contribution < 1.29 is 4.79 Å². The number of anilines is 1. The molecule has 0 aliphatic carbocycles. The Hall–Kier alpha value is -3.44. The number of nitrogens with zero attached hydrogens (tertiary/aromatic N) is 1. The maximum atomic E-state index is 12.4. The Kier molecular flexibility index (Phi) is 4.91. The lowest BCUT2D eigenvalue weighted by atomic mass is 10.0. The molecule has 4 N–H and O–H groups in total. The number of nitrogens with one attached hydrogen (secondary N) is 2. The topological polar surface area (TPSA) is 83.8 Å². The van der Waals surface area contributed by atoms with Gasteiger partial charge in [-0.2, -0.15) is 0 Å². The molecule has 0 radical (unpaired) electrons. The first-order valence-corrected chi connectivity index (χ1v) is 9.25. The molecule has 0 aliphatic rings. The molecule has 0 fully saturated rings. The number of H-pyrrole nitrogens is 1. The number of amides is 1. The Balaban J connectivity index is 1.48.